The number of aromatic hydroxyl groups is 1. The summed E-state index contributed by atoms with van der Waals surface area (Å²) in [5.41, 5.74) is 0.727. The molecule has 18 heavy (non-hydrogen) atoms. The molecule has 0 aliphatic carbocycles. The zero-order valence-corrected chi connectivity index (χ0v) is 10.8. The molecule has 98 valence electrons. The van der Waals surface area contributed by atoms with E-state index < -0.39 is 11.9 Å². The van der Waals surface area contributed by atoms with Crippen LogP contribution in [-0.4, -0.2) is 28.6 Å². The SMILES string of the molecule is O=C([O-])CSC(SCC(=O)[O-])c1ccc(O)cc1. The van der Waals surface area contributed by atoms with E-state index in [4.69, 9.17) is 5.11 Å². The van der Waals surface area contributed by atoms with Gasteiger partial charge in [-0.25, -0.2) is 0 Å². The molecule has 0 saturated heterocycles. The first-order chi connectivity index (χ1) is 8.49. The van der Waals surface area contributed by atoms with Gasteiger partial charge in [0.15, 0.2) is 0 Å². The topological polar surface area (TPSA) is 100 Å². The van der Waals surface area contributed by atoms with Crippen LogP contribution in [0.1, 0.15) is 10.1 Å². The fraction of sp³-hybridized carbons (Fsp3) is 0.273. The summed E-state index contributed by atoms with van der Waals surface area (Å²) >= 11 is 2.12. The van der Waals surface area contributed by atoms with Gasteiger partial charge in [0, 0.05) is 11.5 Å². The third-order valence-corrected chi connectivity index (χ3v) is 4.64. The zero-order chi connectivity index (χ0) is 13.5. The van der Waals surface area contributed by atoms with Crippen molar-refractivity contribution in [3.05, 3.63) is 29.8 Å². The molecule has 0 amide bonds. The van der Waals surface area contributed by atoms with Gasteiger partial charge in [-0.1, -0.05) is 12.1 Å². The normalized spacial score (nSPS) is 10.5. The molecule has 7 heteroatoms. The van der Waals surface area contributed by atoms with Crippen LogP contribution in [0.25, 0.3) is 0 Å². The van der Waals surface area contributed by atoms with Crippen LogP contribution in [-0.2, 0) is 9.59 Å². The second kappa shape index (κ2) is 7.17. The summed E-state index contributed by atoms with van der Waals surface area (Å²) in [5.74, 6) is -2.79. The molecule has 0 unspecified atom stereocenters. The van der Waals surface area contributed by atoms with Crippen molar-refractivity contribution in [3.8, 4) is 5.75 Å². The summed E-state index contributed by atoms with van der Waals surface area (Å²) in [6, 6.07) is 6.15. The molecular formula is C11H10O5S2-2. The Kier molecular flexibility index (Phi) is 5.87. The molecule has 1 aromatic carbocycles. The average Bonchev–Trinajstić information content (AvgIpc) is 2.30. The highest BCUT2D eigenvalue weighted by atomic mass is 32.2. The fourth-order valence-electron chi connectivity index (χ4n) is 1.16. The summed E-state index contributed by atoms with van der Waals surface area (Å²) < 4.78 is -0.360. The van der Waals surface area contributed by atoms with E-state index in [2.05, 4.69) is 0 Å². The smallest absolute Gasteiger partial charge is 0.115 e. The van der Waals surface area contributed by atoms with Gasteiger partial charge in [-0.2, -0.15) is 0 Å². The summed E-state index contributed by atoms with van der Waals surface area (Å²) in [5, 5.41) is 30.0. The predicted octanol–water partition coefficient (Wildman–Crippen LogP) is -0.643. The van der Waals surface area contributed by atoms with Gasteiger partial charge in [0.1, 0.15) is 5.75 Å². The van der Waals surface area contributed by atoms with Gasteiger partial charge in [-0.15, -0.1) is 23.5 Å². The summed E-state index contributed by atoms with van der Waals surface area (Å²) in [6.45, 7) is 0. The number of hydrogen-bond acceptors (Lipinski definition) is 7. The lowest BCUT2D eigenvalue weighted by atomic mass is 10.2. The van der Waals surface area contributed by atoms with Crippen LogP contribution < -0.4 is 10.2 Å². The van der Waals surface area contributed by atoms with Crippen LogP contribution in [0.5, 0.6) is 5.75 Å². The van der Waals surface area contributed by atoms with Crippen molar-refractivity contribution in [2.75, 3.05) is 11.5 Å². The lowest BCUT2D eigenvalue weighted by molar-refractivity contribution is -0.302. The zero-order valence-electron chi connectivity index (χ0n) is 9.20. The number of aliphatic carboxylic acids is 2. The van der Waals surface area contributed by atoms with Crippen LogP contribution >= 0.6 is 23.5 Å². The molecular weight excluding hydrogens is 276 g/mol. The standard InChI is InChI=1S/C11H12O5S2/c12-8-3-1-7(2-4-8)11(17-5-9(13)14)18-6-10(15)16/h1-4,11-12H,5-6H2,(H,13,14)(H,15,16)/p-2. The van der Waals surface area contributed by atoms with Gasteiger partial charge in [0.05, 0.1) is 16.5 Å². The minimum atomic E-state index is -1.21. The molecule has 0 fully saturated rings. The molecule has 0 atom stereocenters. The van der Waals surface area contributed by atoms with Crippen LogP contribution in [0, 0.1) is 0 Å². The van der Waals surface area contributed by atoms with Crippen molar-refractivity contribution in [1.29, 1.82) is 0 Å². The third-order valence-electron chi connectivity index (χ3n) is 1.87. The molecule has 1 aromatic rings. The van der Waals surface area contributed by atoms with E-state index in [0.717, 1.165) is 29.1 Å². The predicted molar refractivity (Wildman–Crippen MR) is 65.8 cm³/mol. The number of carboxylic acid groups (broad SMARTS) is 2. The van der Waals surface area contributed by atoms with Crippen molar-refractivity contribution in [2.24, 2.45) is 0 Å². The highest BCUT2D eigenvalue weighted by Crippen LogP contribution is 2.39. The van der Waals surface area contributed by atoms with Gasteiger partial charge in [-0.05, 0) is 17.7 Å². The van der Waals surface area contributed by atoms with Gasteiger partial charge in [0.25, 0.3) is 0 Å². The first kappa shape index (κ1) is 14.7. The molecule has 1 N–H and O–H groups in total. The maximum atomic E-state index is 10.4. The lowest BCUT2D eigenvalue weighted by Crippen LogP contribution is -2.26. The van der Waals surface area contributed by atoms with E-state index in [1.165, 1.54) is 12.1 Å². The Morgan fingerprint density at radius 1 is 1.06 bits per heavy atom. The van der Waals surface area contributed by atoms with Crippen molar-refractivity contribution >= 4 is 35.5 Å². The van der Waals surface area contributed by atoms with Crippen LogP contribution in [0.2, 0.25) is 0 Å². The summed E-state index contributed by atoms with van der Waals surface area (Å²) in [7, 11) is 0. The molecule has 0 aromatic heterocycles. The lowest BCUT2D eigenvalue weighted by Gasteiger charge is -2.17. The van der Waals surface area contributed by atoms with Gasteiger partial charge < -0.3 is 24.9 Å². The van der Waals surface area contributed by atoms with E-state index in [1.807, 2.05) is 0 Å². The highest BCUT2D eigenvalue weighted by Gasteiger charge is 2.13. The number of hydrogen-bond donors (Lipinski definition) is 1. The molecule has 0 aliphatic rings. The molecule has 0 saturated carbocycles. The number of thioether (sulfide) groups is 2. The number of rotatable bonds is 7. The van der Waals surface area contributed by atoms with Crippen LogP contribution in [0.4, 0.5) is 0 Å². The molecule has 0 aliphatic heterocycles. The number of carbonyl (C=O) groups excluding carboxylic acids is 2. The largest absolute Gasteiger partial charge is 0.549 e. The second-order valence-electron chi connectivity index (χ2n) is 3.29. The van der Waals surface area contributed by atoms with Crippen molar-refractivity contribution in [2.45, 2.75) is 4.58 Å². The minimum Gasteiger partial charge on any atom is -0.549 e. The maximum absolute atomic E-state index is 10.4. The number of phenolic OH excluding ortho intramolecular Hbond substituents is 1. The quantitative estimate of drug-likeness (QED) is 0.665. The Bertz CT molecular complexity index is 400. The summed E-state index contributed by atoms with van der Waals surface area (Å²) in [6.07, 6.45) is 0. The van der Waals surface area contributed by atoms with Crippen LogP contribution in [0.3, 0.4) is 0 Å². The Hall–Kier alpha value is -1.34. The van der Waals surface area contributed by atoms with E-state index in [-0.39, 0.29) is 21.8 Å². The molecule has 0 spiro atoms. The van der Waals surface area contributed by atoms with E-state index in [9.17, 15) is 19.8 Å². The summed E-state index contributed by atoms with van der Waals surface area (Å²) in [4.78, 5) is 20.8. The first-order valence-electron chi connectivity index (χ1n) is 4.91. The van der Waals surface area contributed by atoms with Gasteiger partial charge in [0.2, 0.25) is 0 Å². The Balaban J connectivity index is 2.71. The van der Waals surface area contributed by atoms with Gasteiger partial charge >= 0.3 is 0 Å². The molecule has 1 rings (SSSR count). The Labute approximate surface area is 112 Å². The number of benzene rings is 1. The maximum Gasteiger partial charge on any atom is 0.115 e. The van der Waals surface area contributed by atoms with E-state index in [1.54, 1.807) is 12.1 Å². The van der Waals surface area contributed by atoms with Crippen molar-refractivity contribution in [1.82, 2.24) is 0 Å². The molecule has 0 bridgehead atoms. The first-order valence-corrected chi connectivity index (χ1v) is 7.00. The average molecular weight is 286 g/mol. The van der Waals surface area contributed by atoms with E-state index >= 15 is 0 Å². The fourth-order valence-corrected chi connectivity index (χ4v) is 3.23. The number of carboxylic acids is 2. The van der Waals surface area contributed by atoms with E-state index in [0.29, 0.717) is 0 Å². The Morgan fingerprint density at radius 2 is 1.50 bits per heavy atom. The highest BCUT2D eigenvalue weighted by molar-refractivity contribution is 8.16. The second-order valence-corrected chi connectivity index (χ2v) is 5.77. The molecule has 0 radical (unpaired) electrons. The molecule has 5 nitrogen and oxygen atoms in total. The van der Waals surface area contributed by atoms with Gasteiger partial charge in [-0.3, -0.25) is 0 Å². The minimum absolute atomic E-state index is 0.0901. The Morgan fingerprint density at radius 3 is 1.89 bits per heavy atom. The van der Waals surface area contributed by atoms with Crippen molar-refractivity contribution in [3.63, 3.8) is 0 Å². The molecule has 0 heterocycles. The van der Waals surface area contributed by atoms with Crippen LogP contribution in [0.15, 0.2) is 24.3 Å². The van der Waals surface area contributed by atoms with Crippen molar-refractivity contribution < 1.29 is 24.9 Å². The number of carbonyl (C=O) groups is 2. The monoisotopic (exact) mass is 286 g/mol. The third kappa shape index (κ3) is 5.33. The number of phenols is 1.